The monoisotopic (exact) mass is 170 g/mol. The summed E-state index contributed by atoms with van der Waals surface area (Å²) < 4.78 is 27.0. The first-order chi connectivity index (χ1) is 3.42. The third-order valence-corrected chi connectivity index (χ3v) is 0.918. The van der Waals surface area contributed by atoms with E-state index >= 15 is 0 Å². The average molecular weight is 170 g/mol. The van der Waals surface area contributed by atoms with E-state index < -0.39 is 21.8 Å². The van der Waals surface area contributed by atoms with Crippen molar-refractivity contribution in [1.82, 2.24) is 0 Å². The summed E-state index contributed by atoms with van der Waals surface area (Å²) in [5, 5.41) is 7.71. The van der Waals surface area contributed by atoms with Gasteiger partial charge in [-0.2, -0.15) is 8.42 Å². The van der Waals surface area contributed by atoms with E-state index in [9.17, 15) is 13.2 Å². The van der Waals surface area contributed by atoms with Gasteiger partial charge in [0.25, 0.3) is 10.1 Å². The molecule has 9 heavy (non-hydrogen) atoms. The first kappa shape index (κ1) is 11.7. The number of carboxylic acids is 1. The Hall–Kier alpha value is -0.0875. The third kappa shape index (κ3) is 11.5. The highest BCUT2D eigenvalue weighted by atomic mass is 32.2. The molecule has 0 aromatic carbocycles. The van der Waals surface area contributed by atoms with E-state index in [4.69, 9.17) is 9.66 Å². The van der Waals surface area contributed by atoms with Gasteiger partial charge in [-0.25, -0.2) is 0 Å². The van der Waals surface area contributed by atoms with Crippen molar-refractivity contribution >= 4 is 33.4 Å². The van der Waals surface area contributed by atoms with E-state index in [1.165, 1.54) is 0 Å². The second-order valence-corrected chi connectivity index (χ2v) is 2.57. The molecule has 0 spiro atoms. The number of hydrogen-bond donors (Lipinski definition) is 2. The summed E-state index contributed by atoms with van der Waals surface area (Å²) in [6.45, 7) is 0. The molecule has 0 aliphatic heterocycles. The molecule has 0 aliphatic rings. The molecule has 0 aromatic rings. The molecule has 0 bridgehead atoms. The highest BCUT2D eigenvalue weighted by Crippen LogP contribution is 1.78. The molecule has 0 saturated heterocycles. The zero-order valence-corrected chi connectivity index (χ0v) is 4.55. The van der Waals surface area contributed by atoms with Crippen molar-refractivity contribution in [3.05, 3.63) is 0 Å². The van der Waals surface area contributed by atoms with E-state index in [-0.39, 0.29) is 17.4 Å². The lowest BCUT2D eigenvalue weighted by atomic mass is 10.8. The summed E-state index contributed by atoms with van der Waals surface area (Å²) in [6, 6.07) is 0. The summed E-state index contributed by atoms with van der Waals surface area (Å²) in [5.74, 6) is -2.79. The minimum absolute atomic E-state index is 0. The maximum atomic E-state index is 9.62. The van der Waals surface area contributed by atoms with Crippen molar-refractivity contribution < 1.29 is 22.9 Å². The van der Waals surface area contributed by atoms with Crippen LogP contribution in [-0.2, 0) is 14.9 Å². The van der Waals surface area contributed by atoms with Gasteiger partial charge in [0, 0.05) is 0 Å². The van der Waals surface area contributed by atoms with Crippen LogP contribution < -0.4 is 0 Å². The molecule has 5 nitrogen and oxygen atoms in total. The zero-order chi connectivity index (χ0) is 6.78. The lowest BCUT2D eigenvalue weighted by molar-refractivity contribution is -0.134. The smallest absolute Gasteiger partial charge is 0.321 e. The molecule has 0 atom stereocenters. The van der Waals surface area contributed by atoms with E-state index in [1.54, 1.807) is 0 Å². The topological polar surface area (TPSA) is 91.7 Å². The van der Waals surface area contributed by atoms with Crippen molar-refractivity contribution in [3.8, 4) is 0 Å². The first-order valence-electron chi connectivity index (χ1n) is 1.59. The molecule has 0 heterocycles. The van der Waals surface area contributed by atoms with Crippen LogP contribution in [0.25, 0.3) is 0 Å². The van der Waals surface area contributed by atoms with Gasteiger partial charge in [0.1, 0.15) is 0 Å². The number of aliphatic carboxylic acids is 1. The maximum absolute atomic E-state index is 9.62. The predicted molar refractivity (Wildman–Crippen MR) is 34.0 cm³/mol. The average Bonchev–Trinajstić information content (AvgIpc) is 1.21. The van der Waals surface area contributed by atoms with Crippen LogP contribution in [0, 0.1) is 0 Å². The molecule has 0 amide bonds. The van der Waals surface area contributed by atoms with Crippen LogP contribution in [0.3, 0.4) is 0 Å². The molecule has 0 aliphatic carbocycles. The van der Waals surface area contributed by atoms with Crippen molar-refractivity contribution in [2.75, 3.05) is 5.75 Å². The second-order valence-electron chi connectivity index (χ2n) is 1.12. The SMILES string of the molecule is O=C(O)CS(=O)(=O)O.[AlH3]. The summed E-state index contributed by atoms with van der Waals surface area (Å²) >= 11 is 0. The van der Waals surface area contributed by atoms with Crippen molar-refractivity contribution in [2.45, 2.75) is 0 Å². The Morgan fingerprint density at radius 2 is 1.78 bits per heavy atom. The van der Waals surface area contributed by atoms with Gasteiger partial charge in [-0.1, -0.05) is 0 Å². The van der Waals surface area contributed by atoms with E-state index in [2.05, 4.69) is 0 Å². The van der Waals surface area contributed by atoms with Crippen LogP contribution in [0.1, 0.15) is 0 Å². The Balaban J connectivity index is 0. The molecule has 54 valence electrons. The fourth-order valence-corrected chi connectivity index (χ4v) is 0.468. The fraction of sp³-hybridized carbons (Fsp3) is 0.500. The first-order valence-corrected chi connectivity index (χ1v) is 3.20. The summed E-state index contributed by atoms with van der Waals surface area (Å²) in [5.41, 5.74) is 0. The summed E-state index contributed by atoms with van der Waals surface area (Å²) in [4.78, 5) is 9.48. The van der Waals surface area contributed by atoms with Crippen LogP contribution in [0.4, 0.5) is 0 Å². The van der Waals surface area contributed by atoms with Crippen LogP contribution in [0.2, 0.25) is 0 Å². The summed E-state index contributed by atoms with van der Waals surface area (Å²) in [7, 11) is -4.32. The Morgan fingerprint density at radius 1 is 1.44 bits per heavy atom. The lowest BCUT2D eigenvalue weighted by Gasteiger charge is -1.85. The molecule has 0 radical (unpaired) electrons. The molecule has 0 rings (SSSR count). The highest BCUT2D eigenvalue weighted by molar-refractivity contribution is 7.86. The van der Waals surface area contributed by atoms with Gasteiger partial charge in [-0.05, 0) is 0 Å². The molecule has 2 N–H and O–H groups in total. The van der Waals surface area contributed by atoms with Gasteiger partial charge in [0.2, 0.25) is 0 Å². The van der Waals surface area contributed by atoms with E-state index in [0.29, 0.717) is 0 Å². The van der Waals surface area contributed by atoms with Crippen LogP contribution in [0.5, 0.6) is 0 Å². The summed E-state index contributed by atoms with van der Waals surface area (Å²) in [6.07, 6.45) is 0. The molecule has 0 unspecified atom stereocenters. The minimum Gasteiger partial charge on any atom is -0.480 e. The maximum Gasteiger partial charge on any atom is 0.321 e. The van der Waals surface area contributed by atoms with Crippen LogP contribution in [-0.4, -0.2) is 47.2 Å². The van der Waals surface area contributed by atoms with Crippen LogP contribution >= 0.6 is 0 Å². The quantitative estimate of drug-likeness (QED) is 0.361. The zero-order valence-electron chi connectivity index (χ0n) is 3.73. The second kappa shape index (κ2) is 3.85. The Morgan fingerprint density at radius 3 is 1.78 bits per heavy atom. The van der Waals surface area contributed by atoms with Crippen molar-refractivity contribution in [2.24, 2.45) is 0 Å². The van der Waals surface area contributed by atoms with E-state index in [1.807, 2.05) is 0 Å². The molecule has 0 aromatic heterocycles. The van der Waals surface area contributed by atoms with Gasteiger partial charge >= 0.3 is 5.97 Å². The van der Waals surface area contributed by atoms with Gasteiger partial charge < -0.3 is 5.11 Å². The Bertz CT molecular complexity index is 181. The normalized spacial score (nSPS) is 9.89. The predicted octanol–water partition coefficient (Wildman–Crippen LogP) is -2.23. The van der Waals surface area contributed by atoms with Crippen molar-refractivity contribution in [3.63, 3.8) is 0 Å². The third-order valence-electron chi connectivity index (χ3n) is 0.306. The Kier molecular flexibility index (Phi) is 4.99. The van der Waals surface area contributed by atoms with Crippen molar-refractivity contribution in [1.29, 1.82) is 0 Å². The largest absolute Gasteiger partial charge is 0.480 e. The fourth-order valence-electron chi connectivity index (χ4n) is 0.156. The van der Waals surface area contributed by atoms with E-state index in [0.717, 1.165) is 0 Å². The van der Waals surface area contributed by atoms with Gasteiger partial charge in [-0.15, -0.1) is 0 Å². The lowest BCUT2D eigenvalue weighted by Crippen LogP contribution is -2.13. The number of hydrogen-bond acceptors (Lipinski definition) is 3. The van der Waals surface area contributed by atoms with Gasteiger partial charge in [-0.3, -0.25) is 9.35 Å². The standard InChI is InChI=1S/C2H4O5S.Al.3H/c3-2(4)1-8(5,6)7;;;;/h1H2,(H,3,4)(H,5,6,7);;;;. The van der Waals surface area contributed by atoms with Gasteiger partial charge in [0.15, 0.2) is 23.1 Å². The van der Waals surface area contributed by atoms with Crippen LogP contribution in [0.15, 0.2) is 0 Å². The molecule has 0 saturated carbocycles. The number of carbonyl (C=O) groups is 1. The molecule has 0 fully saturated rings. The highest BCUT2D eigenvalue weighted by Gasteiger charge is 2.09. The minimum atomic E-state index is -4.32. The van der Waals surface area contributed by atoms with Gasteiger partial charge in [0.05, 0.1) is 0 Å². The molecular weight excluding hydrogens is 163 g/mol. The Labute approximate surface area is 62.6 Å². The number of carboxylic acid groups (broad SMARTS) is 1. The molecular formula is C2H7AlO5S. The molecule has 7 heteroatoms. The number of rotatable bonds is 2.